The molecule has 3 aromatic carbocycles. The Hall–Kier alpha value is -5.42. The van der Waals surface area contributed by atoms with Crippen LogP contribution in [0.15, 0.2) is 79.4 Å². The molecule has 4 N–H and O–H groups in total. The van der Waals surface area contributed by atoms with E-state index in [1.54, 1.807) is 35.0 Å². The van der Waals surface area contributed by atoms with E-state index in [0.717, 1.165) is 39.3 Å². The molecule has 1 fully saturated rings. The molecule has 57 heavy (non-hydrogen) atoms. The van der Waals surface area contributed by atoms with E-state index >= 15 is 0 Å². The maximum absolute atomic E-state index is 13.8. The fourth-order valence-electron chi connectivity index (χ4n) is 6.53. The summed E-state index contributed by atoms with van der Waals surface area (Å²) in [5, 5.41) is 14.4. The number of alkyl carbamates (subject to hydrolysis) is 1. The Bertz CT molecular complexity index is 2140. The number of ether oxygens (including phenoxy) is 6. The molecule has 1 unspecified atom stereocenters. The van der Waals surface area contributed by atoms with Crippen molar-refractivity contribution >= 4 is 40.8 Å². The van der Waals surface area contributed by atoms with Gasteiger partial charge in [0.1, 0.15) is 47.2 Å². The summed E-state index contributed by atoms with van der Waals surface area (Å²) in [5.74, 6) is 1.39. The highest BCUT2D eigenvalue weighted by molar-refractivity contribution is 7.98. The zero-order valence-electron chi connectivity index (χ0n) is 32.7. The molecular weight excluding hydrogens is 753 g/mol. The van der Waals surface area contributed by atoms with Gasteiger partial charge >= 0.3 is 12.1 Å². The molecule has 302 valence electrons. The Labute approximate surface area is 335 Å². The lowest BCUT2D eigenvalue weighted by molar-refractivity contribution is -0.161. The van der Waals surface area contributed by atoms with E-state index < -0.39 is 48.2 Å². The molecular formula is C41H48N6O9S. The molecule has 0 radical (unpaired) electrons. The summed E-state index contributed by atoms with van der Waals surface area (Å²) < 4.78 is 36.5. The SMILES string of the molecule is COc1ccc(-c2cccc(COC[C@H]3O[C@@H](n4cnc5c(N)ncnc54)[C@H](OC(=O)C(CCSC)NC(=O)OC(C)(C)C)[C@@H]3O)c2-c2ccc(OC)cc2)cc1. The third kappa shape index (κ3) is 9.76. The number of anilines is 1. The number of amides is 1. The van der Waals surface area contributed by atoms with Crippen LogP contribution in [0.2, 0.25) is 0 Å². The number of hydrogen-bond acceptors (Lipinski definition) is 14. The number of rotatable bonds is 15. The minimum atomic E-state index is -1.36. The summed E-state index contributed by atoms with van der Waals surface area (Å²) in [6.07, 6.45) is -0.568. The number of aromatic nitrogens is 4. The number of nitrogens with one attached hydrogen (secondary N) is 1. The maximum atomic E-state index is 13.8. The molecule has 0 aliphatic carbocycles. The minimum Gasteiger partial charge on any atom is -0.497 e. The standard InChI is InChI=1S/C41H48N6O9S/c1-41(2,3)56-40(50)46-30(18-19-57-6)39(49)55-35-34(48)31(54-38(35)47-23-45-33-36(42)43-22-44-37(33)47)21-53-20-26-8-7-9-29(24-10-14-27(51-4)15-11-24)32(26)25-12-16-28(52-5)17-13-25/h7-17,22-23,30-31,34-35,38,48H,18-21H2,1-6H3,(H,46,50)(H2,42,43,44)/t30?,31-,34-,35-,38-/m1/s1. The second-order valence-electron chi connectivity index (χ2n) is 14.3. The lowest BCUT2D eigenvalue weighted by Crippen LogP contribution is -2.47. The number of thioether (sulfide) groups is 1. The van der Waals surface area contributed by atoms with Crippen molar-refractivity contribution in [3.8, 4) is 33.8 Å². The van der Waals surface area contributed by atoms with Crippen molar-refractivity contribution in [2.24, 2.45) is 0 Å². The molecule has 1 amide bonds. The maximum Gasteiger partial charge on any atom is 0.408 e. The first-order valence-electron chi connectivity index (χ1n) is 18.3. The molecule has 16 heteroatoms. The Morgan fingerprint density at radius 3 is 2.32 bits per heavy atom. The number of carbonyl (C=O) groups is 2. The van der Waals surface area contributed by atoms with Crippen molar-refractivity contribution in [1.29, 1.82) is 0 Å². The molecule has 1 saturated heterocycles. The van der Waals surface area contributed by atoms with Crippen molar-refractivity contribution in [1.82, 2.24) is 24.8 Å². The summed E-state index contributed by atoms with van der Waals surface area (Å²) in [6, 6.07) is 20.6. The average Bonchev–Trinajstić information content (AvgIpc) is 3.76. The fourth-order valence-corrected chi connectivity index (χ4v) is 7.00. The quantitative estimate of drug-likeness (QED) is 0.108. The van der Waals surface area contributed by atoms with Crippen LogP contribution in [0, 0.1) is 0 Å². The molecule has 5 atom stereocenters. The second kappa shape index (κ2) is 18.2. The zero-order chi connectivity index (χ0) is 40.7. The predicted molar refractivity (Wildman–Crippen MR) is 216 cm³/mol. The number of esters is 1. The van der Waals surface area contributed by atoms with Crippen LogP contribution in [-0.4, -0.2) is 99.5 Å². The predicted octanol–water partition coefficient (Wildman–Crippen LogP) is 5.79. The van der Waals surface area contributed by atoms with Crippen LogP contribution >= 0.6 is 11.8 Å². The number of nitrogens with zero attached hydrogens (tertiary/aromatic N) is 4. The van der Waals surface area contributed by atoms with E-state index in [-0.39, 0.29) is 25.5 Å². The van der Waals surface area contributed by atoms with Crippen LogP contribution in [0.25, 0.3) is 33.4 Å². The van der Waals surface area contributed by atoms with E-state index in [2.05, 4.69) is 20.3 Å². The number of aliphatic hydroxyl groups excluding tert-OH is 1. The van der Waals surface area contributed by atoms with Crippen LogP contribution in [0.3, 0.4) is 0 Å². The minimum absolute atomic E-state index is 0.0731. The number of benzene rings is 3. The highest BCUT2D eigenvalue weighted by Gasteiger charge is 2.48. The molecule has 5 aromatic rings. The first kappa shape index (κ1) is 41.2. The first-order valence-corrected chi connectivity index (χ1v) is 19.7. The van der Waals surface area contributed by atoms with Crippen LogP contribution < -0.4 is 20.5 Å². The van der Waals surface area contributed by atoms with Gasteiger partial charge in [-0.1, -0.05) is 42.5 Å². The summed E-state index contributed by atoms with van der Waals surface area (Å²) in [5.41, 5.74) is 10.7. The average molecular weight is 801 g/mol. The summed E-state index contributed by atoms with van der Waals surface area (Å²) >= 11 is 1.50. The summed E-state index contributed by atoms with van der Waals surface area (Å²) in [6.45, 7) is 5.26. The van der Waals surface area contributed by atoms with E-state index in [9.17, 15) is 14.7 Å². The van der Waals surface area contributed by atoms with Crippen LogP contribution in [0.1, 0.15) is 39.0 Å². The lowest BCUT2D eigenvalue weighted by Gasteiger charge is -2.26. The molecule has 1 aliphatic rings. The van der Waals surface area contributed by atoms with E-state index in [4.69, 9.17) is 34.2 Å². The zero-order valence-corrected chi connectivity index (χ0v) is 33.5. The monoisotopic (exact) mass is 800 g/mol. The normalized spacial score (nSPS) is 18.6. The fraction of sp³-hybridized carbons (Fsp3) is 0.390. The number of fused-ring (bicyclic) bond motifs is 1. The van der Waals surface area contributed by atoms with Gasteiger partial charge in [-0.3, -0.25) is 4.57 Å². The Morgan fingerprint density at radius 1 is 0.982 bits per heavy atom. The summed E-state index contributed by atoms with van der Waals surface area (Å²) in [7, 11) is 3.25. The largest absolute Gasteiger partial charge is 0.497 e. The van der Waals surface area contributed by atoms with Gasteiger partial charge in [0.2, 0.25) is 0 Å². The van der Waals surface area contributed by atoms with E-state index in [1.807, 2.05) is 73.0 Å². The number of imidazole rings is 1. The smallest absolute Gasteiger partial charge is 0.408 e. The van der Waals surface area contributed by atoms with Crippen LogP contribution in [0.5, 0.6) is 11.5 Å². The van der Waals surface area contributed by atoms with Gasteiger partial charge in [0.15, 0.2) is 23.8 Å². The number of aliphatic hydroxyl groups is 1. The third-order valence-corrected chi connectivity index (χ3v) is 9.93. The number of nitrogens with two attached hydrogens (primary N) is 1. The molecule has 6 rings (SSSR count). The third-order valence-electron chi connectivity index (χ3n) is 9.28. The highest BCUT2D eigenvalue weighted by Crippen LogP contribution is 2.38. The molecule has 0 saturated carbocycles. The van der Waals surface area contributed by atoms with Crippen LogP contribution in [-0.2, 0) is 30.3 Å². The van der Waals surface area contributed by atoms with Crippen molar-refractivity contribution < 1.29 is 43.1 Å². The van der Waals surface area contributed by atoms with Gasteiger partial charge in [-0.05, 0) is 91.3 Å². The van der Waals surface area contributed by atoms with Gasteiger partial charge in [0, 0.05) is 0 Å². The first-order chi connectivity index (χ1) is 27.4. The van der Waals surface area contributed by atoms with Crippen molar-refractivity contribution in [3.63, 3.8) is 0 Å². The molecule has 1 aliphatic heterocycles. The summed E-state index contributed by atoms with van der Waals surface area (Å²) in [4.78, 5) is 39.3. The highest BCUT2D eigenvalue weighted by atomic mass is 32.2. The van der Waals surface area contributed by atoms with E-state index in [0.29, 0.717) is 16.9 Å². The van der Waals surface area contributed by atoms with Crippen LogP contribution in [0.4, 0.5) is 10.6 Å². The van der Waals surface area contributed by atoms with Crippen molar-refractivity contribution in [2.45, 2.75) is 70.0 Å². The number of hydrogen-bond donors (Lipinski definition) is 3. The Kier molecular flexibility index (Phi) is 13.2. The molecule has 0 bridgehead atoms. The van der Waals surface area contributed by atoms with Gasteiger partial charge in [-0.2, -0.15) is 11.8 Å². The second-order valence-corrected chi connectivity index (χ2v) is 15.3. The number of nitrogen functional groups attached to an aromatic ring is 1. The lowest BCUT2D eigenvalue weighted by atomic mass is 9.90. The van der Waals surface area contributed by atoms with Gasteiger partial charge < -0.3 is 44.6 Å². The van der Waals surface area contributed by atoms with E-state index in [1.165, 1.54) is 29.0 Å². The molecule has 15 nitrogen and oxygen atoms in total. The molecule has 2 aromatic heterocycles. The Morgan fingerprint density at radius 2 is 1.67 bits per heavy atom. The van der Waals surface area contributed by atoms with Gasteiger partial charge in [-0.25, -0.2) is 24.5 Å². The van der Waals surface area contributed by atoms with Gasteiger partial charge in [-0.15, -0.1) is 0 Å². The van der Waals surface area contributed by atoms with Crippen molar-refractivity contribution in [2.75, 3.05) is 38.6 Å². The Balaban J connectivity index is 1.26. The number of methoxy groups -OCH3 is 2. The molecule has 0 spiro atoms. The number of carbonyl (C=O) groups excluding carboxylic acids is 2. The topological polar surface area (TPSA) is 191 Å². The van der Waals surface area contributed by atoms with Crippen molar-refractivity contribution in [3.05, 3.63) is 84.9 Å². The molecule has 3 heterocycles. The van der Waals surface area contributed by atoms with Gasteiger partial charge in [0.25, 0.3) is 0 Å². The van der Waals surface area contributed by atoms with Gasteiger partial charge in [0.05, 0.1) is 33.8 Å².